The second-order valence-corrected chi connectivity index (χ2v) is 8.67. The van der Waals surface area contributed by atoms with Crippen LogP contribution >= 0.6 is 11.3 Å². The molecule has 0 aromatic carbocycles. The van der Waals surface area contributed by atoms with Crippen LogP contribution in [0.15, 0.2) is 22.8 Å². The van der Waals surface area contributed by atoms with Crippen LogP contribution in [0.4, 0.5) is 4.79 Å². The maximum Gasteiger partial charge on any atom is 0.317 e. The monoisotopic (exact) mass is 402 g/mol. The number of thiazole rings is 1. The first-order valence-electron chi connectivity index (χ1n) is 9.98. The fourth-order valence-electron chi connectivity index (χ4n) is 3.88. The summed E-state index contributed by atoms with van der Waals surface area (Å²) in [4.78, 5) is 34.4. The predicted molar refractivity (Wildman–Crippen MR) is 107 cm³/mol. The number of hydrogen-bond donors (Lipinski definition) is 1. The SMILES string of the molecule is Cc1sc(-c2ccco2)nc1C(=O)N1CCN(C(=O)NC2CCCCC2)CC1. The summed E-state index contributed by atoms with van der Waals surface area (Å²) in [7, 11) is 0. The van der Waals surface area contributed by atoms with E-state index >= 15 is 0 Å². The molecule has 0 bridgehead atoms. The van der Waals surface area contributed by atoms with Crippen molar-refractivity contribution in [1.29, 1.82) is 0 Å². The van der Waals surface area contributed by atoms with Gasteiger partial charge in [0.25, 0.3) is 5.91 Å². The lowest BCUT2D eigenvalue weighted by Gasteiger charge is -2.35. The van der Waals surface area contributed by atoms with Gasteiger partial charge in [0.05, 0.1) is 6.26 Å². The zero-order valence-corrected chi connectivity index (χ0v) is 17.0. The number of aryl methyl sites for hydroxylation is 1. The smallest absolute Gasteiger partial charge is 0.317 e. The fourth-order valence-corrected chi connectivity index (χ4v) is 4.75. The third-order valence-corrected chi connectivity index (χ3v) is 6.50. The van der Waals surface area contributed by atoms with E-state index < -0.39 is 0 Å². The van der Waals surface area contributed by atoms with E-state index in [2.05, 4.69) is 10.3 Å². The van der Waals surface area contributed by atoms with E-state index in [0.29, 0.717) is 43.7 Å². The Hall–Kier alpha value is -2.35. The molecule has 3 heterocycles. The minimum Gasteiger partial charge on any atom is -0.462 e. The van der Waals surface area contributed by atoms with Gasteiger partial charge < -0.3 is 19.5 Å². The van der Waals surface area contributed by atoms with Gasteiger partial charge in [-0.3, -0.25) is 4.79 Å². The van der Waals surface area contributed by atoms with Crippen LogP contribution in [0.25, 0.3) is 10.8 Å². The number of urea groups is 1. The molecule has 2 aliphatic rings. The second-order valence-electron chi connectivity index (χ2n) is 7.46. The molecule has 7 nitrogen and oxygen atoms in total. The molecule has 150 valence electrons. The van der Waals surface area contributed by atoms with Crippen LogP contribution in [0.2, 0.25) is 0 Å². The molecule has 3 amide bonds. The Bertz CT molecular complexity index is 819. The Labute approximate surface area is 168 Å². The van der Waals surface area contributed by atoms with Crippen LogP contribution in [0.5, 0.6) is 0 Å². The van der Waals surface area contributed by atoms with E-state index in [-0.39, 0.29) is 11.9 Å². The topological polar surface area (TPSA) is 78.7 Å². The number of piperazine rings is 1. The average Bonchev–Trinajstić information content (AvgIpc) is 3.38. The molecule has 28 heavy (non-hydrogen) atoms. The molecule has 1 aliphatic heterocycles. The molecular formula is C20H26N4O3S. The maximum absolute atomic E-state index is 12.9. The highest BCUT2D eigenvalue weighted by Gasteiger charge is 2.28. The third-order valence-electron chi connectivity index (χ3n) is 5.52. The highest BCUT2D eigenvalue weighted by atomic mass is 32.1. The maximum atomic E-state index is 12.9. The zero-order chi connectivity index (χ0) is 19.5. The van der Waals surface area contributed by atoms with Crippen LogP contribution in [-0.2, 0) is 0 Å². The van der Waals surface area contributed by atoms with Gasteiger partial charge in [-0.05, 0) is 31.9 Å². The Morgan fingerprint density at radius 2 is 1.86 bits per heavy atom. The van der Waals surface area contributed by atoms with Crippen LogP contribution in [0, 0.1) is 6.92 Å². The number of aromatic nitrogens is 1. The molecule has 1 aliphatic carbocycles. The van der Waals surface area contributed by atoms with Crippen molar-refractivity contribution in [3.8, 4) is 10.8 Å². The number of rotatable bonds is 3. The molecule has 1 N–H and O–H groups in total. The molecule has 1 saturated carbocycles. The molecular weight excluding hydrogens is 376 g/mol. The number of carbonyl (C=O) groups excluding carboxylic acids is 2. The van der Waals surface area contributed by atoms with Gasteiger partial charge in [0.1, 0.15) is 5.69 Å². The third kappa shape index (κ3) is 4.06. The molecule has 2 aromatic rings. The molecule has 0 spiro atoms. The number of nitrogens with one attached hydrogen (secondary N) is 1. The van der Waals surface area contributed by atoms with Crippen molar-refractivity contribution in [1.82, 2.24) is 20.1 Å². The van der Waals surface area contributed by atoms with Crippen molar-refractivity contribution in [2.24, 2.45) is 0 Å². The normalized spacial score (nSPS) is 18.3. The van der Waals surface area contributed by atoms with Crippen LogP contribution in [0.1, 0.15) is 47.5 Å². The van der Waals surface area contributed by atoms with Gasteiger partial charge >= 0.3 is 6.03 Å². The predicted octanol–water partition coefficient (Wildman–Crippen LogP) is 3.51. The van der Waals surface area contributed by atoms with Gasteiger partial charge in [-0.25, -0.2) is 9.78 Å². The van der Waals surface area contributed by atoms with Gasteiger partial charge in [-0.15, -0.1) is 11.3 Å². The molecule has 0 radical (unpaired) electrons. The van der Waals surface area contributed by atoms with E-state index in [1.54, 1.807) is 11.2 Å². The summed E-state index contributed by atoms with van der Waals surface area (Å²) in [6, 6.07) is 3.96. The standard InChI is InChI=1S/C20H26N4O3S/c1-14-17(22-18(28-14)16-8-5-13-27-16)19(25)23-9-11-24(12-10-23)20(26)21-15-6-3-2-4-7-15/h5,8,13,15H,2-4,6-7,9-12H2,1H3,(H,21,26). The number of hydrogen-bond acceptors (Lipinski definition) is 5. The molecule has 4 rings (SSSR count). The van der Waals surface area contributed by atoms with E-state index in [1.807, 2.05) is 24.0 Å². The summed E-state index contributed by atoms with van der Waals surface area (Å²) in [6.07, 6.45) is 7.41. The summed E-state index contributed by atoms with van der Waals surface area (Å²) in [5.74, 6) is 0.607. The molecule has 0 unspecified atom stereocenters. The van der Waals surface area contributed by atoms with E-state index in [1.165, 1.54) is 30.6 Å². The first kappa shape index (κ1) is 19.0. The summed E-state index contributed by atoms with van der Waals surface area (Å²) in [5.41, 5.74) is 0.483. The van der Waals surface area contributed by atoms with Crippen molar-refractivity contribution >= 4 is 23.3 Å². The first-order valence-corrected chi connectivity index (χ1v) is 10.8. The van der Waals surface area contributed by atoms with Crippen molar-refractivity contribution in [3.63, 3.8) is 0 Å². The number of nitrogens with zero attached hydrogens (tertiary/aromatic N) is 3. The van der Waals surface area contributed by atoms with Gasteiger partial charge in [-0.1, -0.05) is 19.3 Å². The fraction of sp³-hybridized carbons (Fsp3) is 0.550. The second kappa shape index (κ2) is 8.34. The lowest BCUT2D eigenvalue weighted by Crippen LogP contribution is -2.54. The van der Waals surface area contributed by atoms with E-state index in [9.17, 15) is 9.59 Å². The van der Waals surface area contributed by atoms with E-state index in [4.69, 9.17) is 4.42 Å². The van der Waals surface area contributed by atoms with Gasteiger partial charge in [0.2, 0.25) is 0 Å². The number of amides is 3. The number of carbonyl (C=O) groups is 2. The molecule has 2 aromatic heterocycles. The van der Waals surface area contributed by atoms with Gasteiger partial charge in [0.15, 0.2) is 10.8 Å². The van der Waals surface area contributed by atoms with Crippen LogP contribution in [-0.4, -0.2) is 58.9 Å². The zero-order valence-electron chi connectivity index (χ0n) is 16.1. The summed E-state index contributed by atoms with van der Waals surface area (Å²) >= 11 is 1.46. The van der Waals surface area contributed by atoms with Gasteiger partial charge in [0, 0.05) is 37.1 Å². The minimum absolute atomic E-state index is 0.00365. The van der Waals surface area contributed by atoms with Crippen molar-refractivity contribution in [2.75, 3.05) is 26.2 Å². The van der Waals surface area contributed by atoms with Gasteiger partial charge in [-0.2, -0.15) is 0 Å². The van der Waals surface area contributed by atoms with Crippen LogP contribution in [0.3, 0.4) is 0 Å². The number of furan rings is 1. The molecule has 0 atom stereocenters. The quantitative estimate of drug-likeness (QED) is 0.852. The Kier molecular flexibility index (Phi) is 5.66. The summed E-state index contributed by atoms with van der Waals surface area (Å²) in [5, 5.41) is 3.87. The summed E-state index contributed by atoms with van der Waals surface area (Å²) in [6.45, 7) is 4.08. The Morgan fingerprint density at radius 3 is 2.54 bits per heavy atom. The van der Waals surface area contributed by atoms with Crippen molar-refractivity contribution < 1.29 is 14.0 Å². The van der Waals surface area contributed by atoms with Crippen molar-refractivity contribution in [2.45, 2.75) is 45.1 Å². The van der Waals surface area contributed by atoms with Crippen LogP contribution < -0.4 is 5.32 Å². The molecule has 2 fully saturated rings. The summed E-state index contributed by atoms with van der Waals surface area (Å²) < 4.78 is 5.39. The van der Waals surface area contributed by atoms with E-state index in [0.717, 1.165) is 22.7 Å². The molecule has 1 saturated heterocycles. The largest absolute Gasteiger partial charge is 0.462 e. The first-order chi connectivity index (χ1) is 13.6. The Morgan fingerprint density at radius 1 is 1.14 bits per heavy atom. The minimum atomic E-state index is -0.0705. The Balaban J connectivity index is 1.33. The lowest BCUT2D eigenvalue weighted by atomic mass is 9.96. The lowest BCUT2D eigenvalue weighted by molar-refractivity contribution is 0.0657. The van der Waals surface area contributed by atoms with Crippen molar-refractivity contribution in [3.05, 3.63) is 29.0 Å². The average molecular weight is 403 g/mol. The highest BCUT2D eigenvalue weighted by Crippen LogP contribution is 2.28. The highest BCUT2D eigenvalue weighted by molar-refractivity contribution is 7.15. The molecule has 8 heteroatoms.